The average Bonchev–Trinajstić information content (AvgIpc) is 2.97. The van der Waals surface area contributed by atoms with E-state index in [1.54, 1.807) is 6.07 Å². The SMILES string of the molecule is N#Cc1c(Cl)nc(Nc2cc(S(=O)(=O)[O-])cc3cc(S(=O)(=O)[O-])c(N=Nc4ccc5c(S(=O)(=O)[O-])cccc5c4S(=O)(=O)O)c([O-])c23)nc1Cl.[Na+].[Na+].[Na+].[Na+]. The molecule has 5 rings (SSSR count). The van der Waals surface area contributed by atoms with Crippen molar-refractivity contribution in [2.24, 2.45) is 10.2 Å². The molecule has 0 aliphatic heterocycles. The van der Waals surface area contributed by atoms with E-state index < -0.39 is 121 Å². The fourth-order valence-electron chi connectivity index (χ4n) is 4.61. The molecule has 0 unspecified atom stereocenters. The molecule has 0 aliphatic carbocycles. The molecule has 0 atom stereocenters. The van der Waals surface area contributed by atoms with Crippen molar-refractivity contribution in [3.63, 3.8) is 0 Å². The van der Waals surface area contributed by atoms with Gasteiger partial charge >= 0.3 is 118 Å². The summed E-state index contributed by atoms with van der Waals surface area (Å²) in [5.74, 6) is -2.06. The third-order valence-corrected chi connectivity index (χ3v) is 10.6. The van der Waals surface area contributed by atoms with Crippen LogP contribution in [-0.2, 0) is 40.5 Å². The number of aromatic nitrogens is 2. The molecule has 0 fully saturated rings. The van der Waals surface area contributed by atoms with Crippen molar-refractivity contribution in [2.75, 3.05) is 5.32 Å². The molecule has 0 saturated heterocycles. The molecule has 1 heterocycles. The van der Waals surface area contributed by atoms with Crippen LogP contribution < -0.4 is 129 Å². The Balaban J connectivity index is 0.00000364. The van der Waals surface area contributed by atoms with Crippen LogP contribution in [0.2, 0.25) is 10.3 Å². The normalized spacial score (nSPS) is 11.9. The number of nitriles is 1. The maximum absolute atomic E-state index is 13.8. The van der Waals surface area contributed by atoms with E-state index in [1.807, 2.05) is 0 Å². The molecule has 0 spiro atoms. The van der Waals surface area contributed by atoms with E-state index in [9.17, 15) is 57.0 Å². The van der Waals surface area contributed by atoms with Gasteiger partial charge in [0, 0.05) is 16.5 Å². The van der Waals surface area contributed by atoms with Crippen LogP contribution in [0.3, 0.4) is 0 Å². The number of halogens is 2. The number of nitrogens with one attached hydrogen (secondary N) is 1. The molecule has 0 amide bonds. The van der Waals surface area contributed by atoms with Crippen molar-refractivity contribution in [1.82, 2.24) is 9.97 Å². The summed E-state index contributed by atoms with van der Waals surface area (Å²) in [5, 5.41) is 29.0. The van der Waals surface area contributed by atoms with Crippen LogP contribution in [0.15, 0.2) is 78.3 Å². The summed E-state index contributed by atoms with van der Waals surface area (Å²) in [4.78, 5) is 2.99. The van der Waals surface area contributed by atoms with Gasteiger partial charge in [-0.2, -0.15) is 23.6 Å². The average molecular weight is 894 g/mol. The standard InChI is InChI=1S/C25H14Cl2N6O13S4.4Na/c26-23-14(9-28)24(27)31-25(30-23)29-16-8-11(47(35,36)37)6-10-7-18(49(41,42)43)20(21(34)19(10)16)33-32-15-5-4-12-13(22(15)50(44,45)46)2-1-3-17(12)48(38,39)40;;;;/h1-8,34H,(H,29,30,31)(H,35,36,37)(H,38,39,40)(H,41,42,43)(H,44,45,46);;;;/q;4*+1/p-4. The second kappa shape index (κ2) is 19.0. The molecule has 5 aromatic rings. The molecule has 1 aromatic heterocycles. The molecule has 0 saturated carbocycles. The Hall–Kier alpha value is -0.610. The molecule has 4 aromatic carbocycles. The van der Waals surface area contributed by atoms with Gasteiger partial charge in [0.15, 0.2) is 10.3 Å². The summed E-state index contributed by atoms with van der Waals surface area (Å²) >= 11 is 11.8. The Labute approximate surface area is 404 Å². The van der Waals surface area contributed by atoms with Gasteiger partial charge in [-0.15, -0.1) is 10.2 Å². The van der Waals surface area contributed by atoms with Crippen LogP contribution in [0, 0.1) is 11.3 Å². The molecule has 0 radical (unpaired) electrons. The van der Waals surface area contributed by atoms with Crippen LogP contribution in [0.1, 0.15) is 5.56 Å². The van der Waals surface area contributed by atoms with E-state index in [-0.39, 0.29) is 124 Å². The molecular formula is C25H10Cl2N6Na4O13S4. The first-order valence-corrected chi connectivity index (χ1v) is 19.0. The fourth-order valence-corrected chi connectivity index (χ4v) is 7.78. The predicted octanol–water partition coefficient (Wildman–Crippen LogP) is -8.83. The monoisotopic (exact) mass is 892 g/mol. The number of anilines is 2. The summed E-state index contributed by atoms with van der Waals surface area (Å²) in [5.41, 5.74) is -3.13. The maximum atomic E-state index is 13.8. The Bertz CT molecular complexity index is 2840. The molecule has 0 aliphatic rings. The first-order chi connectivity index (χ1) is 23.0. The van der Waals surface area contributed by atoms with E-state index in [1.165, 1.54) is 0 Å². The zero-order valence-corrected chi connectivity index (χ0v) is 40.4. The van der Waals surface area contributed by atoms with Crippen LogP contribution in [0.4, 0.5) is 23.0 Å². The Kier molecular flexibility index (Phi) is 18.1. The summed E-state index contributed by atoms with van der Waals surface area (Å²) < 4.78 is 143. The predicted molar refractivity (Wildman–Crippen MR) is 165 cm³/mol. The third-order valence-electron chi connectivity index (χ3n) is 6.58. The summed E-state index contributed by atoms with van der Waals surface area (Å²) in [7, 11) is -21.6. The van der Waals surface area contributed by atoms with Crippen LogP contribution >= 0.6 is 23.2 Å². The van der Waals surface area contributed by atoms with E-state index in [0.717, 1.165) is 30.3 Å². The van der Waals surface area contributed by atoms with E-state index in [4.69, 9.17) is 28.5 Å². The summed E-state index contributed by atoms with van der Waals surface area (Å²) in [6.45, 7) is 0. The Morgan fingerprint density at radius 3 is 1.83 bits per heavy atom. The quantitative estimate of drug-likeness (QED) is 0.0632. The molecule has 260 valence electrons. The number of nitrogens with zero attached hydrogens (tertiary/aromatic N) is 5. The van der Waals surface area contributed by atoms with Gasteiger partial charge in [-0.3, -0.25) is 4.55 Å². The Morgan fingerprint density at radius 2 is 1.33 bits per heavy atom. The molecule has 2 N–H and O–H groups in total. The summed E-state index contributed by atoms with van der Waals surface area (Å²) in [6, 6.07) is 7.68. The van der Waals surface area contributed by atoms with Gasteiger partial charge < -0.3 is 24.1 Å². The van der Waals surface area contributed by atoms with Gasteiger partial charge in [0.05, 0.1) is 20.4 Å². The van der Waals surface area contributed by atoms with Crippen molar-refractivity contribution < 1.29 is 175 Å². The third kappa shape index (κ3) is 10.9. The van der Waals surface area contributed by atoms with Crippen molar-refractivity contribution in [3.8, 4) is 11.8 Å². The minimum absolute atomic E-state index is 0. The van der Waals surface area contributed by atoms with Gasteiger partial charge in [-0.25, -0.2) is 25.3 Å². The van der Waals surface area contributed by atoms with Crippen molar-refractivity contribution in [2.45, 2.75) is 19.6 Å². The number of fused-ring (bicyclic) bond motifs is 2. The van der Waals surface area contributed by atoms with Gasteiger partial charge in [0.2, 0.25) is 5.95 Å². The summed E-state index contributed by atoms with van der Waals surface area (Å²) in [6.07, 6.45) is 0. The van der Waals surface area contributed by atoms with E-state index in [0.29, 0.717) is 18.2 Å². The largest absolute Gasteiger partial charge is 1.00 e. The van der Waals surface area contributed by atoms with Crippen LogP contribution in [0.5, 0.6) is 5.75 Å². The smallest absolute Gasteiger partial charge is 0.870 e. The van der Waals surface area contributed by atoms with E-state index >= 15 is 0 Å². The van der Waals surface area contributed by atoms with Crippen LogP contribution in [0.25, 0.3) is 21.5 Å². The molecular weight excluding hydrogens is 883 g/mol. The molecule has 0 bridgehead atoms. The van der Waals surface area contributed by atoms with Crippen molar-refractivity contribution in [3.05, 3.63) is 64.4 Å². The van der Waals surface area contributed by atoms with Gasteiger partial charge in [0.1, 0.15) is 52.6 Å². The van der Waals surface area contributed by atoms with Crippen molar-refractivity contribution in [1.29, 1.82) is 5.26 Å². The Morgan fingerprint density at radius 1 is 0.759 bits per heavy atom. The second-order valence-electron chi connectivity index (χ2n) is 9.66. The minimum atomic E-state index is -5.70. The number of hydrogen-bond donors (Lipinski definition) is 2. The fraction of sp³-hybridized carbons (Fsp3) is 0. The zero-order valence-electron chi connectivity index (χ0n) is 27.6. The number of rotatable bonds is 8. The van der Waals surface area contributed by atoms with Gasteiger partial charge in [-0.05, 0) is 41.1 Å². The van der Waals surface area contributed by atoms with Gasteiger partial charge in [-0.1, -0.05) is 47.2 Å². The first kappa shape index (κ1) is 51.4. The second-order valence-corrected chi connectivity index (χ2v) is 15.8. The maximum Gasteiger partial charge on any atom is 1.00 e. The topological polar surface area (TPSA) is 335 Å². The molecule has 29 heteroatoms. The number of azo groups is 1. The molecule has 19 nitrogen and oxygen atoms in total. The number of hydrogen-bond acceptors (Lipinski definition) is 18. The zero-order chi connectivity index (χ0) is 37.1. The van der Waals surface area contributed by atoms with E-state index in [2.05, 4.69) is 25.5 Å². The van der Waals surface area contributed by atoms with Crippen molar-refractivity contribution >= 4 is 108 Å². The minimum Gasteiger partial charge on any atom is -0.870 e. The van der Waals surface area contributed by atoms with Crippen LogP contribution in [-0.4, -0.2) is 61.9 Å². The number of benzene rings is 4. The van der Waals surface area contributed by atoms with Gasteiger partial charge in [0.25, 0.3) is 10.1 Å². The first-order valence-electron chi connectivity index (χ1n) is 12.6. The molecule has 54 heavy (non-hydrogen) atoms.